The van der Waals surface area contributed by atoms with Crippen molar-refractivity contribution in [3.8, 4) is 0 Å². The van der Waals surface area contributed by atoms with Gasteiger partial charge >= 0.3 is 0 Å². The fourth-order valence-electron chi connectivity index (χ4n) is 7.20. The number of thiophene rings is 1. The summed E-state index contributed by atoms with van der Waals surface area (Å²) in [5.41, 5.74) is 4.00. The van der Waals surface area contributed by atoms with Gasteiger partial charge in [0.1, 0.15) is 5.82 Å². The van der Waals surface area contributed by atoms with Crippen LogP contribution in [0, 0.1) is 12.3 Å². The maximum absolute atomic E-state index is 14.2. The highest BCUT2D eigenvalue weighted by molar-refractivity contribution is 7.16. The molecule has 1 spiro atoms. The van der Waals surface area contributed by atoms with Gasteiger partial charge in [0.25, 0.3) is 17.7 Å². The number of aryl methyl sites for hydroxylation is 1. The van der Waals surface area contributed by atoms with Crippen LogP contribution in [0.15, 0.2) is 72.0 Å². The molecule has 12 heteroatoms. The van der Waals surface area contributed by atoms with E-state index in [1.807, 2.05) is 38.1 Å². The van der Waals surface area contributed by atoms with E-state index >= 15 is 0 Å². The fourth-order valence-corrected chi connectivity index (χ4v) is 8.18. The quantitative estimate of drug-likeness (QED) is 0.238. The SMILES string of the molecule is Cc1cnc(N2CC3(CCOCC3)C2)c(C(=O)Nc2ccc(C(=O)N3c4cccnc4N=C(c4ccc(C(=O)NC5CCC5)s4)C3C)cc2)c1. The first-order valence-corrected chi connectivity index (χ1v) is 18.1. The van der Waals surface area contributed by atoms with Crippen LogP contribution in [0.5, 0.6) is 0 Å². The Hall–Kier alpha value is -4.94. The molecule has 50 heavy (non-hydrogen) atoms. The molecular formula is C38H39N7O4S. The Kier molecular flexibility index (Phi) is 8.44. The van der Waals surface area contributed by atoms with Gasteiger partial charge < -0.3 is 20.3 Å². The summed E-state index contributed by atoms with van der Waals surface area (Å²) < 4.78 is 5.57. The van der Waals surface area contributed by atoms with Crippen molar-refractivity contribution in [1.29, 1.82) is 0 Å². The molecule has 8 rings (SSSR count). The molecule has 0 radical (unpaired) electrons. The van der Waals surface area contributed by atoms with Crippen molar-refractivity contribution in [3.63, 3.8) is 0 Å². The lowest BCUT2D eigenvalue weighted by molar-refractivity contribution is -0.000511. The number of benzene rings is 1. The molecular weight excluding hydrogens is 651 g/mol. The number of aromatic nitrogens is 2. The van der Waals surface area contributed by atoms with Gasteiger partial charge in [-0.15, -0.1) is 11.3 Å². The smallest absolute Gasteiger partial charge is 0.261 e. The number of aliphatic imine (C=N–C) groups is 1. The molecule has 4 aliphatic rings. The summed E-state index contributed by atoms with van der Waals surface area (Å²) >= 11 is 1.37. The number of hydrogen-bond donors (Lipinski definition) is 2. The van der Waals surface area contributed by atoms with E-state index in [1.165, 1.54) is 11.3 Å². The lowest BCUT2D eigenvalue weighted by atomic mass is 9.73. The minimum absolute atomic E-state index is 0.0764. The first-order valence-electron chi connectivity index (χ1n) is 17.3. The number of fused-ring (bicyclic) bond motifs is 1. The summed E-state index contributed by atoms with van der Waals surface area (Å²) in [7, 11) is 0. The normalized spacial score (nSPS) is 19.6. The van der Waals surface area contributed by atoms with Crippen molar-refractivity contribution >= 4 is 57.8 Å². The summed E-state index contributed by atoms with van der Waals surface area (Å²) in [6, 6.07) is 16.0. The predicted octanol–water partition coefficient (Wildman–Crippen LogP) is 6.17. The minimum atomic E-state index is -0.422. The van der Waals surface area contributed by atoms with Crippen LogP contribution in [0.25, 0.3) is 0 Å². The molecule has 3 aromatic heterocycles. The number of hydrogen-bond acceptors (Lipinski definition) is 9. The number of carbonyl (C=O) groups excluding carboxylic acids is 3. The second-order valence-electron chi connectivity index (χ2n) is 13.8. The van der Waals surface area contributed by atoms with Gasteiger partial charge in [-0.2, -0.15) is 0 Å². The molecule has 1 unspecified atom stereocenters. The van der Waals surface area contributed by atoms with E-state index in [0.717, 1.165) is 68.8 Å². The standard InChI is InChI=1S/C38H39N7O4S/c1-23-19-28(34(40-20-23)44-21-38(22-44)14-17-49-18-15-38)35(46)41-27-10-8-25(9-11-27)37(48)45-24(2)32(43-33-29(45)7-4-16-39-33)30-12-13-31(50-30)36(47)42-26-5-3-6-26/h4,7-13,16,19-20,24,26H,3,5-6,14-15,17-18,21-22H2,1-2H3,(H,41,46)(H,42,47). The summed E-state index contributed by atoms with van der Waals surface area (Å²) in [6.07, 6.45) is 8.69. The van der Waals surface area contributed by atoms with E-state index in [-0.39, 0.29) is 29.2 Å². The van der Waals surface area contributed by atoms with Crippen LogP contribution in [-0.4, -0.2) is 71.8 Å². The Balaban J connectivity index is 0.987. The molecule has 0 bridgehead atoms. The monoisotopic (exact) mass is 689 g/mol. The Bertz CT molecular complexity index is 1990. The lowest BCUT2D eigenvalue weighted by Crippen LogP contribution is -2.59. The largest absolute Gasteiger partial charge is 0.381 e. The molecule has 6 heterocycles. The summed E-state index contributed by atoms with van der Waals surface area (Å²) in [4.78, 5) is 59.9. The molecule has 2 saturated heterocycles. The van der Waals surface area contributed by atoms with Crippen molar-refractivity contribution in [2.45, 2.75) is 58.0 Å². The molecule has 1 saturated carbocycles. The van der Waals surface area contributed by atoms with E-state index in [0.29, 0.717) is 44.7 Å². The zero-order chi connectivity index (χ0) is 34.4. The van der Waals surface area contributed by atoms with Gasteiger partial charge in [-0.05, 0) is 106 Å². The third-order valence-corrected chi connectivity index (χ3v) is 11.4. The molecule has 1 aromatic carbocycles. The maximum atomic E-state index is 14.2. The predicted molar refractivity (Wildman–Crippen MR) is 194 cm³/mol. The lowest BCUT2D eigenvalue weighted by Gasteiger charge is -2.53. The average Bonchev–Trinajstić information content (AvgIpc) is 3.59. The highest BCUT2D eigenvalue weighted by Gasteiger charge is 2.45. The van der Waals surface area contributed by atoms with Crippen LogP contribution in [0.4, 0.5) is 23.0 Å². The molecule has 1 aliphatic carbocycles. The Labute approximate surface area is 294 Å². The molecule has 3 fully saturated rings. The van der Waals surface area contributed by atoms with Crippen LogP contribution in [-0.2, 0) is 4.74 Å². The van der Waals surface area contributed by atoms with Gasteiger partial charge in [-0.3, -0.25) is 19.3 Å². The van der Waals surface area contributed by atoms with E-state index < -0.39 is 6.04 Å². The Morgan fingerprint density at radius 3 is 2.50 bits per heavy atom. The van der Waals surface area contributed by atoms with Gasteiger partial charge in [0.15, 0.2) is 5.82 Å². The number of carbonyl (C=O) groups is 3. The van der Waals surface area contributed by atoms with Crippen LogP contribution < -0.4 is 20.4 Å². The van der Waals surface area contributed by atoms with Crippen LogP contribution in [0.3, 0.4) is 0 Å². The molecule has 3 aliphatic heterocycles. The topological polar surface area (TPSA) is 129 Å². The van der Waals surface area contributed by atoms with Crippen molar-refractivity contribution in [1.82, 2.24) is 15.3 Å². The van der Waals surface area contributed by atoms with Crippen LogP contribution >= 0.6 is 11.3 Å². The number of nitrogens with zero attached hydrogens (tertiary/aromatic N) is 5. The number of nitrogens with one attached hydrogen (secondary N) is 2. The Morgan fingerprint density at radius 2 is 1.76 bits per heavy atom. The number of anilines is 3. The van der Waals surface area contributed by atoms with Gasteiger partial charge in [0.05, 0.1) is 32.8 Å². The first kappa shape index (κ1) is 32.3. The number of amides is 3. The highest BCUT2D eigenvalue weighted by atomic mass is 32.1. The zero-order valence-corrected chi connectivity index (χ0v) is 29.0. The van der Waals surface area contributed by atoms with Gasteiger partial charge in [0, 0.05) is 61.4 Å². The van der Waals surface area contributed by atoms with Crippen molar-refractivity contribution in [2.75, 3.05) is 41.4 Å². The molecule has 2 N–H and O–H groups in total. The maximum Gasteiger partial charge on any atom is 0.261 e. The van der Waals surface area contributed by atoms with E-state index in [1.54, 1.807) is 47.6 Å². The third kappa shape index (κ3) is 6.07. The molecule has 11 nitrogen and oxygen atoms in total. The fraction of sp³-hybridized carbons (Fsp3) is 0.368. The summed E-state index contributed by atoms with van der Waals surface area (Å²) in [5.74, 6) is 0.594. The molecule has 4 aromatic rings. The number of pyridine rings is 2. The van der Waals surface area contributed by atoms with Gasteiger partial charge in [-0.1, -0.05) is 0 Å². The third-order valence-electron chi connectivity index (χ3n) is 10.3. The molecule has 3 amide bonds. The summed E-state index contributed by atoms with van der Waals surface area (Å²) in [5, 5.41) is 6.11. The van der Waals surface area contributed by atoms with Crippen molar-refractivity contribution < 1.29 is 19.1 Å². The van der Waals surface area contributed by atoms with E-state index in [2.05, 4.69) is 25.5 Å². The first-order chi connectivity index (χ1) is 24.3. The van der Waals surface area contributed by atoms with Crippen LogP contribution in [0.2, 0.25) is 0 Å². The summed E-state index contributed by atoms with van der Waals surface area (Å²) in [6.45, 7) is 7.17. The van der Waals surface area contributed by atoms with Gasteiger partial charge in [0.2, 0.25) is 0 Å². The zero-order valence-electron chi connectivity index (χ0n) is 28.1. The van der Waals surface area contributed by atoms with Crippen molar-refractivity contribution in [3.05, 3.63) is 93.4 Å². The highest BCUT2D eigenvalue weighted by Crippen LogP contribution is 2.42. The second kappa shape index (κ2) is 13.1. The minimum Gasteiger partial charge on any atom is -0.381 e. The number of ether oxygens (including phenoxy) is 1. The molecule has 1 atom stereocenters. The molecule has 256 valence electrons. The van der Waals surface area contributed by atoms with E-state index in [9.17, 15) is 14.4 Å². The second-order valence-corrected chi connectivity index (χ2v) is 14.9. The van der Waals surface area contributed by atoms with E-state index in [4.69, 9.17) is 9.73 Å². The average molecular weight is 690 g/mol. The van der Waals surface area contributed by atoms with Crippen LogP contribution in [0.1, 0.15) is 79.9 Å². The Morgan fingerprint density at radius 1 is 0.980 bits per heavy atom. The van der Waals surface area contributed by atoms with Gasteiger partial charge in [-0.25, -0.2) is 15.0 Å². The van der Waals surface area contributed by atoms with Crippen molar-refractivity contribution in [2.24, 2.45) is 10.4 Å². The number of rotatable bonds is 7.